The predicted octanol–water partition coefficient (Wildman–Crippen LogP) is 3.22. The van der Waals surface area contributed by atoms with Crippen LogP contribution in [-0.2, 0) is 5.41 Å². The van der Waals surface area contributed by atoms with E-state index in [0.717, 1.165) is 10.8 Å². The van der Waals surface area contributed by atoms with Gasteiger partial charge < -0.3 is 5.73 Å². The Hall–Kier alpha value is -1.41. The number of fused-ring (bicyclic) bond motifs is 1. The normalized spacial score (nSPS) is 12.0. The highest BCUT2D eigenvalue weighted by Crippen LogP contribution is 2.29. The summed E-state index contributed by atoms with van der Waals surface area (Å²) < 4.78 is 13.1. The average Bonchev–Trinajstić information content (AvgIpc) is 2.27. The van der Waals surface area contributed by atoms with Gasteiger partial charge in [-0.3, -0.25) is 0 Å². The molecule has 2 aromatic rings. The first-order valence-electron chi connectivity index (χ1n) is 5.43. The van der Waals surface area contributed by atoms with Gasteiger partial charge in [-0.25, -0.2) is 4.39 Å². The third-order valence-electron chi connectivity index (χ3n) is 3.08. The predicted molar refractivity (Wildman–Crippen MR) is 66.0 cm³/mol. The quantitative estimate of drug-likeness (QED) is 0.821. The molecule has 0 spiro atoms. The fourth-order valence-corrected chi connectivity index (χ4v) is 1.95. The Morgan fingerprint density at radius 3 is 2.62 bits per heavy atom. The van der Waals surface area contributed by atoms with Gasteiger partial charge in [0.25, 0.3) is 0 Å². The maximum atomic E-state index is 13.1. The molecule has 0 fully saturated rings. The molecule has 0 heterocycles. The second-order valence-electron chi connectivity index (χ2n) is 4.76. The van der Waals surface area contributed by atoms with E-state index in [1.807, 2.05) is 18.2 Å². The van der Waals surface area contributed by atoms with Gasteiger partial charge >= 0.3 is 0 Å². The van der Waals surface area contributed by atoms with Crippen molar-refractivity contribution in [1.29, 1.82) is 0 Å². The first-order chi connectivity index (χ1) is 7.54. The lowest BCUT2D eigenvalue weighted by atomic mass is 9.82. The zero-order valence-corrected chi connectivity index (χ0v) is 9.63. The summed E-state index contributed by atoms with van der Waals surface area (Å²) in [6.45, 7) is 4.78. The molecule has 0 aliphatic carbocycles. The fraction of sp³-hybridized carbons (Fsp3) is 0.286. The Morgan fingerprint density at radius 1 is 1.19 bits per heavy atom. The van der Waals surface area contributed by atoms with E-state index in [9.17, 15) is 4.39 Å². The topological polar surface area (TPSA) is 26.0 Å². The van der Waals surface area contributed by atoms with Crippen molar-refractivity contribution >= 4 is 10.8 Å². The number of rotatable bonds is 2. The van der Waals surface area contributed by atoms with Crippen LogP contribution in [0.4, 0.5) is 4.39 Å². The summed E-state index contributed by atoms with van der Waals surface area (Å²) in [4.78, 5) is 0. The Kier molecular flexibility index (Phi) is 2.68. The molecule has 0 atom stereocenters. The number of benzene rings is 2. The summed E-state index contributed by atoms with van der Waals surface area (Å²) in [7, 11) is 0. The minimum atomic E-state index is -0.199. The molecule has 0 aliphatic rings. The monoisotopic (exact) mass is 217 g/mol. The van der Waals surface area contributed by atoms with E-state index in [-0.39, 0.29) is 11.2 Å². The van der Waals surface area contributed by atoms with Gasteiger partial charge in [0.1, 0.15) is 5.82 Å². The van der Waals surface area contributed by atoms with Crippen LogP contribution in [0.25, 0.3) is 10.8 Å². The molecule has 0 bridgehead atoms. The molecule has 0 aromatic heterocycles. The van der Waals surface area contributed by atoms with Crippen LogP contribution in [0.2, 0.25) is 0 Å². The summed E-state index contributed by atoms with van der Waals surface area (Å²) in [5.74, 6) is -0.199. The maximum Gasteiger partial charge on any atom is 0.123 e. The molecule has 0 saturated heterocycles. The summed E-state index contributed by atoms with van der Waals surface area (Å²) in [5.41, 5.74) is 6.87. The van der Waals surface area contributed by atoms with Crippen molar-refractivity contribution in [2.45, 2.75) is 19.3 Å². The van der Waals surface area contributed by atoms with Crippen molar-refractivity contribution in [2.75, 3.05) is 6.54 Å². The van der Waals surface area contributed by atoms with Crippen molar-refractivity contribution in [3.8, 4) is 0 Å². The van der Waals surface area contributed by atoms with Crippen molar-refractivity contribution in [2.24, 2.45) is 5.73 Å². The van der Waals surface area contributed by atoms with Crippen LogP contribution in [0.15, 0.2) is 36.4 Å². The van der Waals surface area contributed by atoms with E-state index in [2.05, 4.69) is 19.9 Å². The van der Waals surface area contributed by atoms with Gasteiger partial charge in [0.05, 0.1) is 0 Å². The van der Waals surface area contributed by atoms with Crippen LogP contribution >= 0.6 is 0 Å². The molecule has 2 heteroatoms. The zero-order chi connectivity index (χ0) is 11.8. The number of hydrogen-bond donors (Lipinski definition) is 1. The first-order valence-corrected chi connectivity index (χ1v) is 5.43. The molecule has 0 radical (unpaired) electrons. The molecule has 16 heavy (non-hydrogen) atoms. The Bertz CT molecular complexity index is 517. The molecular formula is C14H16FN. The molecule has 2 N–H and O–H groups in total. The highest BCUT2D eigenvalue weighted by molar-refractivity contribution is 5.86. The Morgan fingerprint density at radius 2 is 1.94 bits per heavy atom. The smallest absolute Gasteiger partial charge is 0.123 e. The van der Waals surface area contributed by atoms with Gasteiger partial charge in [-0.1, -0.05) is 38.1 Å². The molecule has 0 amide bonds. The van der Waals surface area contributed by atoms with Crippen LogP contribution in [0.1, 0.15) is 19.4 Å². The number of nitrogens with two attached hydrogens (primary N) is 1. The Balaban J connectivity index is 2.72. The van der Waals surface area contributed by atoms with Gasteiger partial charge in [-0.05, 0) is 28.5 Å². The van der Waals surface area contributed by atoms with Crippen molar-refractivity contribution in [1.82, 2.24) is 0 Å². The summed E-state index contributed by atoms with van der Waals surface area (Å²) in [6, 6.07) is 10.8. The summed E-state index contributed by atoms with van der Waals surface area (Å²) in [5, 5.41) is 2.01. The second kappa shape index (κ2) is 3.87. The second-order valence-corrected chi connectivity index (χ2v) is 4.76. The third-order valence-corrected chi connectivity index (χ3v) is 3.08. The van der Waals surface area contributed by atoms with Crippen LogP contribution < -0.4 is 5.73 Å². The van der Waals surface area contributed by atoms with Crippen LogP contribution in [0, 0.1) is 5.82 Å². The molecule has 1 nitrogen and oxygen atoms in total. The molecule has 0 aliphatic heterocycles. The van der Waals surface area contributed by atoms with Gasteiger partial charge in [-0.2, -0.15) is 0 Å². The van der Waals surface area contributed by atoms with Crippen molar-refractivity contribution in [3.05, 3.63) is 47.8 Å². The van der Waals surface area contributed by atoms with Crippen LogP contribution in [0.3, 0.4) is 0 Å². The van der Waals surface area contributed by atoms with E-state index in [1.54, 1.807) is 6.07 Å². The number of halogens is 1. The lowest BCUT2D eigenvalue weighted by Gasteiger charge is -2.24. The molecule has 0 saturated carbocycles. The highest BCUT2D eigenvalue weighted by Gasteiger charge is 2.20. The highest BCUT2D eigenvalue weighted by atomic mass is 19.1. The standard InChI is InChI=1S/C14H16FN/c1-14(2,9-16)13-5-3-4-10-8-11(15)6-7-12(10)13/h3-8H,9,16H2,1-2H3. The largest absolute Gasteiger partial charge is 0.330 e. The summed E-state index contributed by atoms with van der Waals surface area (Å²) in [6.07, 6.45) is 0. The van der Waals surface area contributed by atoms with Gasteiger partial charge in [0.2, 0.25) is 0 Å². The fourth-order valence-electron chi connectivity index (χ4n) is 1.95. The van der Waals surface area contributed by atoms with Crippen molar-refractivity contribution in [3.63, 3.8) is 0 Å². The SMILES string of the molecule is CC(C)(CN)c1cccc2cc(F)ccc12. The zero-order valence-electron chi connectivity index (χ0n) is 9.63. The third kappa shape index (κ3) is 1.81. The summed E-state index contributed by atoms with van der Waals surface area (Å²) >= 11 is 0. The van der Waals surface area contributed by atoms with Crippen LogP contribution in [-0.4, -0.2) is 6.54 Å². The van der Waals surface area contributed by atoms with Gasteiger partial charge in [0, 0.05) is 12.0 Å². The first kappa shape index (κ1) is 11.1. The minimum Gasteiger partial charge on any atom is -0.330 e. The van der Waals surface area contributed by atoms with Gasteiger partial charge in [0.15, 0.2) is 0 Å². The van der Waals surface area contributed by atoms with E-state index in [0.29, 0.717) is 6.54 Å². The van der Waals surface area contributed by atoms with E-state index >= 15 is 0 Å². The lowest BCUT2D eigenvalue weighted by molar-refractivity contribution is 0.543. The minimum absolute atomic E-state index is 0.0860. The van der Waals surface area contributed by atoms with Gasteiger partial charge in [-0.15, -0.1) is 0 Å². The van der Waals surface area contributed by atoms with Crippen molar-refractivity contribution < 1.29 is 4.39 Å². The molecular weight excluding hydrogens is 201 g/mol. The van der Waals surface area contributed by atoms with E-state index in [1.165, 1.54) is 11.6 Å². The lowest BCUT2D eigenvalue weighted by Crippen LogP contribution is -2.28. The maximum absolute atomic E-state index is 13.1. The Labute approximate surface area is 95.1 Å². The van der Waals surface area contributed by atoms with E-state index < -0.39 is 0 Å². The number of hydrogen-bond acceptors (Lipinski definition) is 1. The average molecular weight is 217 g/mol. The molecule has 84 valence electrons. The molecule has 2 rings (SSSR count). The van der Waals surface area contributed by atoms with Crippen LogP contribution in [0.5, 0.6) is 0 Å². The molecule has 2 aromatic carbocycles. The van der Waals surface area contributed by atoms with E-state index in [4.69, 9.17) is 5.73 Å². The molecule has 0 unspecified atom stereocenters.